The number of nitrogens with one attached hydrogen (secondary N) is 1. The van der Waals surface area contributed by atoms with Crippen LogP contribution in [0.1, 0.15) is 35.2 Å². The van der Waals surface area contributed by atoms with Crippen LogP contribution in [-0.4, -0.2) is 37.5 Å². The molecule has 0 atom stereocenters. The molecule has 3 nitrogen and oxygen atoms in total. The van der Waals surface area contributed by atoms with Crippen molar-refractivity contribution in [1.29, 1.82) is 0 Å². The highest BCUT2D eigenvalue weighted by Gasteiger charge is 2.24. The van der Waals surface area contributed by atoms with Crippen molar-refractivity contribution in [2.45, 2.75) is 26.2 Å². The molecule has 0 bridgehead atoms. The summed E-state index contributed by atoms with van der Waals surface area (Å²) in [4.78, 5) is 14.4. The van der Waals surface area contributed by atoms with Crippen molar-refractivity contribution in [2.24, 2.45) is 5.92 Å². The lowest BCUT2D eigenvalue weighted by atomic mass is 9.93. The van der Waals surface area contributed by atoms with E-state index in [-0.39, 0.29) is 18.3 Å². The first kappa shape index (κ1) is 18.3. The Morgan fingerprint density at radius 2 is 2.05 bits per heavy atom. The van der Waals surface area contributed by atoms with Crippen LogP contribution in [0.25, 0.3) is 0 Å². The zero-order valence-electron chi connectivity index (χ0n) is 12.7. The van der Waals surface area contributed by atoms with Gasteiger partial charge in [0, 0.05) is 13.1 Å². The first-order chi connectivity index (χ1) is 9.61. The van der Waals surface area contributed by atoms with E-state index in [1.165, 1.54) is 6.42 Å². The highest BCUT2D eigenvalue weighted by molar-refractivity contribution is 6.33. The molecule has 2 rings (SSSR count). The summed E-state index contributed by atoms with van der Waals surface area (Å²) < 4.78 is 0. The van der Waals surface area contributed by atoms with Crippen LogP contribution in [0, 0.1) is 12.8 Å². The maximum absolute atomic E-state index is 12.5. The van der Waals surface area contributed by atoms with Crippen LogP contribution in [0.15, 0.2) is 18.2 Å². The Balaban J connectivity index is 0.00000220. The van der Waals surface area contributed by atoms with Crippen molar-refractivity contribution in [3.63, 3.8) is 0 Å². The van der Waals surface area contributed by atoms with Gasteiger partial charge in [0.25, 0.3) is 5.91 Å². The monoisotopic (exact) mass is 330 g/mol. The molecule has 5 heteroatoms. The summed E-state index contributed by atoms with van der Waals surface area (Å²) in [5.74, 6) is 0.807. The highest BCUT2D eigenvalue weighted by Crippen LogP contribution is 2.24. The minimum Gasteiger partial charge on any atom is -0.339 e. The predicted molar refractivity (Wildman–Crippen MR) is 90.6 cm³/mol. The molecule has 1 N–H and O–H groups in total. The molecule has 1 fully saturated rings. The minimum atomic E-state index is 0. The summed E-state index contributed by atoms with van der Waals surface area (Å²) in [6.45, 7) is 4.73. The van der Waals surface area contributed by atoms with Crippen molar-refractivity contribution < 1.29 is 4.79 Å². The van der Waals surface area contributed by atoms with Gasteiger partial charge in [0.2, 0.25) is 0 Å². The second-order valence-electron chi connectivity index (χ2n) is 5.61. The number of halogens is 2. The first-order valence-corrected chi connectivity index (χ1v) is 7.69. The molecule has 21 heavy (non-hydrogen) atoms. The quantitative estimate of drug-likeness (QED) is 0.915. The van der Waals surface area contributed by atoms with Gasteiger partial charge in [-0.25, -0.2) is 0 Å². The van der Waals surface area contributed by atoms with E-state index in [1.54, 1.807) is 0 Å². The lowest BCUT2D eigenvalue weighted by Gasteiger charge is -2.32. The number of carbonyl (C=O) groups excluding carboxylic acids is 1. The predicted octanol–water partition coefficient (Wildman–Crippen LogP) is 3.53. The molecule has 118 valence electrons. The van der Waals surface area contributed by atoms with E-state index in [1.807, 2.05) is 37.1 Å². The van der Waals surface area contributed by atoms with Crippen LogP contribution in [-0.2, 0) is 0 Å². The summed E-state index contributed by atoms with van der Waals surface area (Å²) in [6.07, 6.45) is 3.39. The Morgan fingerprint density at radius 1 is 1.38 bits per heavy atom. The van der Waals surface area contributed by atoms with Crippen LogP contribution in [0.5, 0.6) is 0 Å². The van der Waals surface area contributed by atoms with Crippen LogP contribution < -0.4 is 5.32 Å². The van der Waals surface area contributed by atoms with Gasteiger partial charge in [-0.05, 0) is 63.4 Å². The van der Waals surface area contributed by atoms with E-state index in [4.69, 9.17) is 11.6 Å². The van der Waals surface area contributed by atoms with E-state index < -0.39 is 0 Å². The number of rotatable bonds is 4. The van der Waals surface area contributed by atoms with E-state index >= 15 is 0 Å². The molecule has 1 heterocycles. The number of benzene rings is 1. The van der Waals surface area contributed by atoms with Crippen molar-refractivity contribution in [3.05, 3.63) is 34.3 Å². The van der Waals surface area contributed by atoms with E-state index in [0.29, 0.717) is 10.6 Å². The van der Waals surface area contributed by atoms with Crippen LogP contribution in [0.4, 0.5) is 0 Å². The highest BCUT2D eigenvalue weighted by atomic mass is 35.5. The molecule has 0 saturated carbocycles. The third-order valence-electron chi connectivity index (χ3n) is 4.06. The lowest BCUT2D eigenvalue weighted by molar-refractivity contribution is 0.0687. The van der Waals surface area contributed by atoms with Gasteiger partial charge in [-0.3, -0.25) is 4.79 Å². The molecule has 0 aromatic heterocycles. The van der Waals surface area contributed by atoms with Gasteiger partial charge in [0.1, 0.15) is 0 Å². The molecule has 0 radical (unpaired) electrons. The van der Waals surface area contributed by atoms with Crippen molar-refractivity contribution in [1.82, 2.24) is 10.2 Å². The molecular formula is C16H24Cl2N2O. The van der Waals surface area contributed by atoms with Gasteiger partial charge in [0.05, 0.1) is 10.6 Å². The molecule has 1 amide bonds. The Labute approximate surface area is 138 Å². The molecule has 1 aromatic carbocycles. The maximum Gasteiger partial charge on any atom is 0.255 e. The second-order valence-corrected chi connectivity index (χ2v) is 6.02. The Bertz CT molecular complexity index is 471. The Morgan fingerprint density at radius 3 is 2.62 bits per heavy atom. The third kappa shape index (κ3) is 4.87. The van der Waals surface area contributed by atoms with Gasteiger partial charge in [-0.15, -0.1) is 12.4 Å². The number of hydrogen-bond acceptors (Lipinski definition) is 2. The van der Waals surface area contributed by atoms with Gasteiger partial charge < -0.3 is 10.2 Å². The average Bonchev–Trinajstić information content (AvgIpc) is 2.45. The summed E-state index contributed by atoms with van der Waals surface area (Å²) >= 11 is 6.19. The second kappa shape index (κ2) is 8.62. The lowest BCUT2D eigenvalue weighted by Crippen LogP contribution is -2.39. The molecule has 1 aromatic rings. The number of nitrogens with zero attached hydrogens (tertiary/aromatic N) is 1. The van der Waals surface area contributed by atoms with Gasteiger partial charge in [0.15, 0.2) is 0 Å². The van der Waals surface area contributed by atoms with Crippen molar-refractivity contribution in [3.8, 4) is 0 Å². The normalized spacial score (nSPS) is 15.7. The van der Waals surface area contributed by atoms with Gasteiger partial charge in [-0.2, -0.15) is 0 Å². The standard InChI is InChI=1S/C16H23ClN2O.ClH/c1-12-3-4-14(15(17)11-12)16(20)19-9-6-13(7-10-19)5-8-18-2;/h3-4,11,13,18H,5-10H2,1-2H3;1H. The number of likely N-dealkylation sites (tertiary alicyclic amines) is 1. The topological polar surface area (TPSA) is 32.3 Å². The fraction of sp³-hybridized carbons (Fsp3) is 0.562. The molecule has 0 unspecified atom stereocenters. The first-order valence-electron chi connectivity index (χ1n) is 7.32. The average molecular weight is 331 g/mol. The van der Waals surface area contributed by atoms with Crippen LogP contribution >= 0.6 is 24.0 Å². The van der Waals surface area contributed by atoms with E-state index in [2.05, 4.69) is 5.32 Å². The Kier molecular flexibility index (Phi) is 7.50. The summed E-state index contributed by atoms with van der Waals surface area (Å²) in [5, 5.41) is 3.75. The summed E-state index contributed by atoms with van der Waals surface area (Å²) in [7, 11) is 1.98. The van der Waals surface area contributed by atoms with Gasteiger partial charge in [-0.1, -0.05) is 17.7 Å². The van der Waals surface area contributed by atoms with E-state index in [0.717, 1.165) is 44.0 Å². The minimum absolute atomic E-state index is 0. The molecule has 0 spiro atoms. The van der Waals surface area contributed by atoms with Crippen molar-refractivity contribution >= 4 is 29.9 Å². The number of hydrogen-bond donors (Lipinski definition) is 1. The molecule has 1 aliphatic heterocycles. The fourth-order valence-electron chi connectivity index (χ4n) is 2.74. The number of aryl methyl sites for hydroxylation is 1. The zero-order chi connectivity index (χ0) is 14.5. The SMILES string of the molecule is CNCCC1CCN(C(=O)c2ccc(C)cc2Cl)CC1.Cl. The number of carbonyl (C=O) groups is 1. The summed E-state index contributed by atoms with van der Waals surface area (Å²) in [5.41, 5.74) is 1.71. The molecule has 0 aliphatic carbocycles. The zero-order valence-corrected chi connectivity index (χ0v) is 14.3. The largest absolute Gasteiger partial charge is 0.339 e. The number of piperidine rings is 1. The Hall–Kier alpha value is -0.770. The maximum atomic E-state index is 12.5. The smallest absolute Gasteiger partial charge is 0.255 e. The molecule has 1 saturated heterocycles. The van der Waals surface area contributed by atoms with Crippen LogP contribution in [0.2, 0.25) is 5.02 Å². The van der Waals surface area contributed by atoms with E-state index in [9.17, 15) is 4.79 Å². The van der Waals surface area contributed by atoms with Crippen molar-refractivity contribution in [2.75, 3.05) is 26.7 Å². The molecular weight excluding hydrogens is 307 g/mol. The number of amides is 1. The van der Waals surface area contributed by atoms with Gasteiger partial charge >= 0.3 is 0 Å². The molecule has 1 aliphatic rings. The fourth-order valence-corrected chi connectivity index (χ4v) is 3.05. The van der Waals surface area contributed by atoms with Crippen LogP contribution in [0.3, 0.4) is 0 Å². The third-order valence-corrected chi connectivity index (χ3v) is 4.37. The summed E-state index contributed by atoms with van der Waals surface area (Å²) in [6, 6.07) is 5.64.